The summed E-state index contributed by atoms with van der Waals surface area (Å²) in [6, 6.07) is 10.3. The van der Waals surface area contributed by atoms with Crippen LogP contribution in [0.25, 0.3) is 0 Å². The Hall–Kier alpha value is -1.11. The minimum Gasteiger partial charge on any atom is -0.542 e. The number of hydrogen-bond donors (Lipinski definition) is 0. The van der Waals surface area contributed by atoms with E-state index < -0.39 is 33.9 Å². The molecule has 0 unspecified atom stereocenters. The molecular weight excluding hydrogens is 450 g/mol. The summed E-state index contributed by atoms with van der Waals surface area (Å²) in [7, 11) is -3.98. The average Bonchev–Trinajstić information content (AvgIpc) is 3.02. The van der Waals surface area contributed by atoms with Gasteiger partial charge >= 0.3 is 64.9 Å². The topological polar surface area (TPSA) is 142 Å². The molecule has 0 bridgehead atoms. The molecule has 2 aromatic rings. The van der Waals surface area contributed by atoms with Crippen molar-refractivity contribution in [3.05, 3.63) is 53.6 Å². The summed E-state index contributed by atoms with van der Waals surface area (Å²) in [6.45, 7) is 3.37. The van der Waals surface area contributed by atoms with E-state index in [1.54, 1.807) is 19.1 Å². The molecule has 0 aliphatic carbocycles. The van der Waals surface area contributed by atoms with E-state index in [0.29, 0.717) is 5.56 Å². The van der Waals surface area contributed by atoms with Gasteiger partial charge in [0, 0.05) is 0 Å². The molecule has 1 aliphatic rings. The van der Waals surface area contributed by atoms with E-state index >= 15 is 0 Å². The normalized spacial score (nSPS) is 14.6. The molecular formula is C19H16Na2O9S. The molecule has 2 aromatic carbocycles. The molecule has 1 aliphatic heterocycles. The maximum absolute atomic E-state index is 12.4. The largest absolute Gasteiger partial charge is 1.00 e. The Labute approximate surface area is 223 Å². The van der Waals surface area contributed by atoms with Crippen LogP contribution in [0.2, 0.25) is 0 Å². The van der Waals surface area contributed by atoms with Crippen LogP contribution < -0.4 is 78.8 Å². The summed E-state index contributed by atoms with van der Waals surface area (Å²) < 4.78 is 39.7. The first-order valence-corrected chi connectivity index (χ1v) is 9.88. The Balaban J connectivity index is 0.00000240. The smallest absolute Gasteiger partial charge is 0.542 e. The molecule has 3 rings (SSSR count). The zero-order chi connectivity index (χ0) is 21.4. The van der Waals surface area contributed by atoms with Gasteiger partial charge in [-0.3, -0.25) is 4.18 Å². The van der Waals surface area contributed by atoms with Gasteiger partial charge in [-0.2, -0.15) is 8.42 Å². The van der Waals surface area contributed by atoms with Gasteiger partial charge < -0.3 is 29.3 Å². The third kappa shape index (κ3) is 6.02. The first kappa shape index (κ1) is 27.9. The average molecular weight is 466 g/mol. The molecule has 0 aromatic heterocycles. The van der Waals surface area contributed by atoms with Crippen LogP contribution in [0.4, 0.5) is 0 Å². The number of fused-ring (bicyclic) bond motifs is 1. The zero-order valence-corrected chi connectivity index (χ0v) is 22.2. The predicted molar refractivity (Wildman–Crippen MR) is 93.1 cm³/mol. The van der Waals surface area contributed by atoms with Crippen LogP contribution in [-0.2, 0) is 30.3 Å². The summed E-state index contributed by atoms with van der Waals surface area (Å²) in [6.07, 6.45) is -0.653. The number of aryl methyl sites for hydroxylation is 1. The van der Waals surface area contributed by atoms with Gasteiger partial charge in [0.1, 0.15) is 11.9 Å². The van der Waals surface area contributed by atoms with E-state index in [2.05, 4.69) is 0 Å². The molecule has 0 N–H and O–H groups in total. The fourth-order valence-electron chi connectivity index (χ4n) is 2.77. The maximum Gasteiger partial charge on any atom is 1.00 e. The number of carbonyl (C=O) groups excluding carboxylic acids is 2. The van der Waals surface area contributed by atoms with Crippen LogP contribution >= 0.6 is 0 Å². The van der Waals surface area contributed by atoms with Gasteiger partial charge in [0.2, 0.25) is 0 Å². The summed E-state index contributed by atoms with van der Waals surface area (Å²) in [5.74, 6) is -7.57. The van der Waals surface area contributed by atoms with Crippen LogP contribution in [0, 0.1) is 6.92 Å². The van der Waals surface area contributed by atoms with Crippen molar-refractivity contribution in [2.24, 2.45) is 0 Å². The minimum atomic E-state index is -3.98. The first-order valence-electron chi connectivity index (χ1n) is 8.47. The molecule has 1 atom stereocenters. The standard InChI is InChI=1S/C19H18O9S.2Na/c1-11-3-6-14(7-4-11)29(24,25)28-12(2)9-13-5-8-15-16(10-13)27-19(26-15,17(20)21)18(22)23;;/h3-8,10,12H,9H2,1-2H3,(H,20,21)(H,22,23);;/q;2*+1/p-2/t12-;;/m1../s1. The molecule has 1 heterocycles. The molecule has 0 fully saturated rings. The van der Waals surface area contributed by atoms with Gasteiger partial charge in [0.15, 0.2) is 11.5 Å². The summed E-state index contributed by atoms with van der Waals surface area (Å²) in [4.78, 5) is 22.3. The van der Waals surface area contributed by atoms with Gasteiger partial charge in [-0.25, -0.2) is 0 Å². The van der Waals surface area contributed by atoms with Crippen molar-refractivity contribution in [3.63, 3.8) is 0 Å². The van der Waals surface area contributed by atoms with Crippen molar-refractivity contribution in [2.75, 3.05) is 0 Å². The van der Waals surface area contributed by atoms with Crippen molar-refractivity contribution in [3.8, 4) is 11.5 Å². The minimum absolute atomic E-state index is 0. The van der Waals surface area contributed by atoms with Gasteiger partial charge in [-0.15, -0.1) is 0 Å². The Morgan fingerprint density at radius 1 is 1.00 bits per heavy atom. The second kappa shape index (κ2) is 10.7. The third-order valence-electron chi connectivity index (χ3n) is 4.18. The van der Waals surface area contributed by atoms with Gasteiger partial charge in [-0.1, -0.05) is 23.8 Å². The number of carbonyl (C=O) groups is 2. The van der Waals surface area contributed by atoms with Gasteiger partial charge in [0.25, 0.3) is 10.1 Å². The van der Waals surface area contributed by atoms with Crippen LogP contribution in [0.15, 0.2) is 47.4 Å². The number of rotatable bonds is 7. The Morgan fingerprint density at radius 2 is 1.55 bits per heavy atom. The Morgan fingerprint density at radius 3 is 2.10 bits per heavy atom. The quantitative estimate of drug-likeness (QED) is 0.221. The molecule has 12 heteroatoms. The van der Waals surface area contributed by atoms with E-state index in [1.807, 2.05) is 6.92 Å². The molecule has 0 radical (unpaired) electrons. The van der Waals surface area contributed by atoms with Crippen LogP contribution in [-0.4, -0.2) is 32.2 Å². The third-order valence-corrected chi connectivity index (χ3v) is 5.61. The molecule has 9 nitrogen and oxygen atoms in total. The Bertz CT molecular complexity index is 1050. The van der Waals surface area contributed by atoms with E-state index in [0.717, 1.165) is 5.56 Å². The number of aliphatic carboxylic acids is 2. The van der Waals surface area contributed by atoms with Crippen molar-refractivity contribution >= 4 is 22.1 Å². The van der Waals surface area contributed by atoms with E-state index in [1.165, 1.54) is 30.3 Å². The van der Waals surface area contributed by atoms with Crippen molar-refractivity contribution in [1.29, 1.82) is 0 Å². The van der Waals surface area contributed by atoms with Gasteiger partial charge in [0.05, 0.1) is 11.0 Å². The van der Waals surface area contributed by atoms with Gasteiger partial charge in [-0.05, 0) is 50.1 Å². The molecule has 0 spiro atoms. The van der Waals surface area contributed by atoms with Crippen LogP contribution in [0.5, 0.6) is 11.5 Å². The number of benzene rings is 2. The zero-order valence-electron chi connectivity index (χ0n) is 17.4. The molecule has 0 amide bonds. The number of carboxylic acid groups (broad SMARTS) is 2. The monoisotopic (exact) mass is 466 g/mol. The summed E-state index contributed by atoms with van der Waals surface area (Å²) >= 11 is 0. The SMILES string of the molecule is Cc1ccc(S(=O)(=O)O[C@H](C)Cc2ccc3c(c2)OC(C(=O)[O-])(C(=O)[O-])O3)cc1.[Na+].[Na+]. The van der Waals surface area contributed by atoms with E-state index in [-0.39, 0.29) is 81.9 Å². The molecule has 0 saturated carbocycles. The second-order valence-electron chi connectivity index (χ2n) is 6.55. The summed E-state index contributed by atoms with van der Waals surface area (Å²) in [5, 5.41) is 22.3. The molecule has 0 saturated heterocycles. The van der Waals surface area contributed by atoms with Crippen LogP contribution in [0.3, 0.4) is 0 Å². The van der Waals surface area contributed by atoms with Crippen molar-refractivity contribution in [2.45, 2.75) is 37.1 Å². The van der Waals surface area contributed by atoms with E-state index in [4.69, 9.17) is 13.7 Å². The number of carboxylic acids is 2. The van der Waals surface area contributed by atoms with E-state index in [9.17, 15) is 28.2 Å². The van der Waals surface area contributed by atoms with Crippen LogP contribution in [0.1, 0.15) is 18.1 Å². The fourth-order valence-corrected chi connectivity index (χ4v) is 3.85. The molecule has 31 heavy (non-hydrogen) atoms. The first-order chi connectivity index (χ1) is 13.5. The number of hydrogen-bond acceptors (Lipinski definition) is 9. The predicted octanol–water partition coefficient (Wildman–Crippen LogP) is -6.69. The van der Waals surface area contributed by atoms with Crippen molar-refractivity contribution < 1.29 is 101 Å². The fraction of sp³-hybridized carbons (Fsp3) is 0.263. The summed E-state index contributed by atoms with van der Waals surface area (Å²) in [5.41, 5.74) is 1.41. The second-order valence-corrected chi connectivity index (χ2v) is 8.13. The molecule has 154 valence electrons. The number of ether oxygens (including phenoxy) is 2. The Kier molecular flexibility index (Phi) is 9.61. The maximum atomic E-state index is 12.4. The van der Waals surface area contributed by atoms with Crippen molar-refractivity contribution in [1.82, 2.24) is 0 Å².